The van der Waals surface area contributed by atoms with Crippen LogP contribution in [-0.4, -0.2) is 52.3 Å². The lowest BCUT2D eigenvalue weighted by Crippen LogP contribution is -2.26. The smallest absolute Gasteiger partial charge is 0.268 e. The van der Waals surface area contributed by atoms with E-state index >= 15 is 0 Å². The maximum absolute atomic E-state index is 9.46. The second kappa shape index (κ2) is 9.99. The standard InChI is InChI=1S/C26H28N8O.H2/c1-17-23(31-21(15-30-17)19-10-11-29-22(14-19)26(2,3)16-27)25-33-32-24(35-25)18-6-8-20(9-7-18)34(5)13-12-28-4;/h6-11,14-15,28H,12-13H2,1-5H3;1H. The van der Waals surface area contributed by atoms with E-state index in [2.05, 4.69) is 43.5 Å². The van der Waals surface area contributed by atoms with Crippen molar-refractivity contribution in [1.82, 2.24) is 30.5 Å². The Morgan fingerprint density at radius 3 is 2.54 bits per heavy atom. The summed E-state index contributed by atoms with van der Waals surface area (Å²) in [5, 5.41) is 21.1. The lowest BCUT2D eigenvalue weighted by Gasteiger charge is -2.19. The van der Waals surface area contributed by atoms with E-state index < -0.39 is 5.41 Å². The molecule has 3 aromatic heterocycles. The molecule has 1 N–H and O–H groups in total. The molecule has 1 aromatic carbocycles. The lowest BCUT2D eigenvalue weighted by atomic mass is 9.90. The number of nitrogens with one attached hydrogen (secondary N) is 1. The van der Waals surface area contributed by atoms with Gasteiger partial charge in [0.1, 0.15) is 5.69 Å². The Bertz CT molecular complexity index is 1360. The molecule has 0 radical (unpaired) electrons. The molecule has 0 aliphatic carbocycles. The fourth-order valence-corrected chi connectivity index (χ4v) is 3.48. The zero-order chi connectivity index (χ0) is 25.0. The Hall–Kier alpha value is -4.16. The van der Waals surface area contributed by atoms with E-state index in [9.17, 15) is 5.26 Å². The summed E-state index contributed by atoms with van der Waals surface area (Å²) >= 11 is 0. The number of nitrogens with zero attached hydrogens (tertiary/aromatic N) is 7. The normalized spacial score (nSPS) is 11.3. The molecule has 4 rings (SSSR count). The highest BCUT2D eigenvalue weighted by Gasteiger charge is 2.22. The molecule has 0 spiro atoms. The minimum Gasteiger partial charge on any atom is -0.415 e. The predicted octanol–water partition coefficient (Wildman–Crippen LogP) is 4.27. The van der Waals surface area contributed by atoms with Crippen molar-refractivity contribution >= 4 is 5.69 Å². The topological polar surface area (TPSA) is 117 Å². The monoisotopic (exact) mass is 470 g/mol. The zero-order valence-corrected chi connectivity index (χ0v) is 20.6. The average Bonchev–Trinajstić information content (AvgIpc) is 3.38. The molecule has 0 unspecified atom stereocenters. The van der Waals surface area contributed by atoms with E-state index in [0.717, 1.165) is 29.9 Å². The second-order valence-corrected chi connectivity index (χ2v) is 8.84. The minimum absolute atomic E-state index is 0. The molecule has 0 aliphatic rings. The summed E-state index contributed by atoms with van der Waals surface area (Å²) in [6, 6.07) is 14.0. The summed E-state index contributed by atoms with van der Waals surface area (Å²) in [5.74, 6) is 0.715. The highest BCUT2D eigenvalue weighted by molar-refractivity contribution is 5.64. The van der Waals surface area contributed by atoms with Crippen molar-refractivity contribution in [1.29, 1.82) is 5.26 Å². The fraction of sp³-hybridized carbons (Fsp3) is 0.308. The second-order valence-electron chi connectivity index (χ2n) is 8.84. The number of aromatic nitrogens is 5. The first-order valence-corrected chi connectivity index (χ1v) is 11.3. The Morgan fingerprint density at radius 2 is 1.83 bits per heavy atom. The summed E-state index contributed by atoms with van der Waals surface area (Å²) in [5.41, 5.74) is 4.53. The van der Waals surface area contributed by atoms with E-state index in [4.69, 9.17) is 9.40 Å². The van der Waals surface area contributed by atoms with Crippen LogP contribution < -0.4 is 10.2 Å². The predicted molar refractivity (Wildman–Crippen MR) is 137 cm³/mol. The van der Waals surface area contributed by atoms with Crippen LogP contribution >= 0.6 is 0 Å². The third kappa shape index (κ3) is 5.18. The number of benzene rings is 1. The van der Waals surface area contributed by atoms with Gasteiger partial charge in [-0.1, -0.05) is 0 Å². The zero-order valence-electron chi connectivity index (χ0n) is 20.6. The van der Waals surface area contributed by atoms with Gasteiger partial charge in [0.15, 0.2) is 0 Å². The summed E-state index contributed by atoms with van der Waals surface area (Å²) in [7, 11) is 3.99. The van der Waals surface area contributed by atoms with Crippen molar-refractivity contribution in [3.05, 3.63) is 60.2 Å². The third-order valence-corrected chi connectivity index (χ3v) is 5.81. The van der Waals surface area contributed by atoms with Gasteiger partial charge < -0.3 is 14.6 Å². The largest absolute Gasteiger partial charge is 0.415 e. The van der Waals surface area contributed by atoms with Gasteiger partial charge in [0.05, 0.1) is 34.8 Å². The number of likely N-dealkylation sites (N-methyl/N-ethyl adjacent to an activating group) is 2. The number of aryl methyl sites for hydroxylation is 1. The molecular weight excluding hydrogens is 440 g/mol. The molecular formula is C26H30N8O. The molecule has 0 bridgehead atoms. The van der Waals surface area contributed by atoms with Crippen LogP contribution in [0.5, 0.6) is 0 Å². The third-order valence-electron chi connectivity index (χ3n) is 5.81. The van der Waals surface area contributed by atoms with Crippen molar-refractivity contribution in [3.8, 4) is 40.4 Å². The lowest BCUT2D eigenvalue weighted by molar-refractivity contribution is 0.581. The van der Waals surface area contributed by atoms with Crippen LogP contribution in [0.25, 0.3) is 34.3 Å². The number of anilines is 1. The first-order chi connectivity index (χ1) is 16.8. The van der Waals surface area contributed by atoms with Crippen LogP contribution in [-0.2, 0) is 5.41 Å². The number of pyridine rings is 1. The molecule has 0 fully saturated rings. The Balaban J connectivity index is 0.00000361. The van der Waals surface area contributed by atoms with Gasteiger partial charge in [-0.15, -0.1) is 10.2 Å². The number of nitriles is 1. The van der Waals surface area contributed by atoms with Gasteiger partial charge in [-0.2, -0.15) is 5.26 Å². The minimum atomic E-state index is -0.713. The molecule has 0 saturated heterocycles. The van der Waals surface area contributed by atoms with Gasteiger partial charge in [-0.3, -0.25) is 9.97 Å². The molecule has 9 nitrogen and oxygen atoms in total. The highest BCUT2D eigenvalue weighted by atomic mass is 16.4. The van der Waals surface area contributed by atoms with E-state index in [1.54, 1.807) is 12.4 Å². The summed E-state index contributed by atoms with van der Waals surface area (Å²) in [4.78, 5) is 15.8. The Morgan fingerprint density at radius 1 is 1.09 bits per heavy atom. The van der Waals surface area contributed by atoms with Crippen molar-refractivity contribution in [2.75, 3.05) is 32.1 Å². The molecule has 4 aromatic rings. The van der Waals surface area contributed by atoms with Crippen molar-refractivity contribution < 1.29 is 5.84 Å². The van der Waals surface area contributed by atoms with Crippen molar-refractivity contribution in [2.24, 2.45) is 0 Å². The summed E-state index contributed by atoms with van der Waals surface area (Å²) in [6.45, 7) is 7.32. The van der Waals surface area contributed by atoms with Gasteiger partial charge in [0.2, 0.25) is 5.89 Å². The molecule has 180 valence electrons. The van der Waals surface area contributed by atoms with Gasteiger partial charge >= 0.3 is 0 Å². The maximum atomic E-state index is 9.46. The van der Waals surface area contributed by atoms with Crippen LogP contribution in [0.15, 0.2) is 53.2 Å². The molecule has 35 heavy (non-hydrogen) atoms. The Kier molecular flexibility index (Phi) is 6.85. The average molecular weight is 471 g/mol. The van der Waals surface area contributed by atoms with E-state index in [0.29, 0.717) is 34.6 Å². The van der Waals surface area contributed by atoms with Gasteiger partial charge in [-0.25, -0.2) is 4.98 Å². The number of hydrogen-bond donors (Lipinski definition) is 1. The highest BCUT2D eigenvalue weighted by Crippen LogP contribution is 2.29. The summed E-state index contributed by atoms with van der Waals surface area (Å²) in [6.07, 6.45) is 3.37. The Labute approximate surface area is 206 Å². The quantitative estimate of drug-likeness (QED) is 0.403. The first kappa shape index (κ1) is 24.0. The molecule has 0 aliphatic heterocycles. The van der Waals surface area contributed by atoms with E-state index in [1.165, 1.54) is 0 Å². The maximum Gasteiger partial charge on any atom is 0.268 e. The molecule has 3 heterocycles. The fourth-order valence-electron chi connectivity index (χ4n) is 3.48. The van der Waals surface area contributed by atoms with Gasteiger partial charge in [0, 0.05) is 44.6 Å². The number of rotatable bonds is 8. The van der Waals surface area contributed by atoms with Crippen LogP contribution in [0.3, 0.4) is 0 Å². The van der Waals surface area contributed by atoms with Crippen LogP contribution in [0.1, 0.15) is 26.7 Å². The molecule has 0 saturated carbocycles. The summed E-state index contributed by atoms with van der Waals surface area (Å²) < 4.78 is 5.98. The SMILES string of the molecule is CNCCN(C)c1ccc(-c2nnc(-c3nc(-c4ccnc(C(C)(C)C#N)c4)cnc3C)o2)cc1.[HH]. The van der Waals surface area contributed by atoms with Gasteiger partial charge in [0.25, 0.3) is 5.89 Å². The van der Waals surface area contributed by atoms with Crippen molar-refractivity contribution in [2.45, 2.75) is 26.2 Å². The number of hydrogen-bond acceptors (Lipinski definition) is 9. The molecule has 0 atom stereocenters. The van der Waals surface area contributed by atoms with Crippen LogP contribution in [0.4, 0.5) is 5.69 Å². The first-order valence-electron chi connectivity index (χ1n) is 11.3. The molecule has 9 heteroatoms. The van der Waals surface area contributed by atoms with E-state index in [-0.39, 0.29) is 1.43 Å². The van der Waals surface area contributed by atoms with E-state index in [1.807, 2.05) is 64.2 Å². The van der Waals surface area contributed by atoms with Crippen LogP contribution in [0.2, 0.25) is 0 Å². The molecule has 0 amide bonds. The van der Waals surface area contributed by atoms with Gasteiger partial charge in [-0.05, 0) is 64.2 Å². The van der Waals surface area contributed by atoms with Crippen LogP contribution in [0, 0.1) is 18.3 Å². The van der Waals surface area contributed by atoms with Crippen molar-refractivity contribution in [3.63, 3.8) is 0 Å².